The Bertz CT molecular complexity index is 623. The Labute approximate surface area is 108 Å². The van der Waals surface area contributed by atoms with Crippen molar-refractivity contribution in [2.75, 3.05) is 0 Å². The number of benzene rings is 1. The predicted molar refractivity (Wildman–Crippen MR) is 70.8 cm³/mol. The van der Waals surface area contributed by atoms with Crippen LogP contribution in [0.5, 0.6) is 0 Å². The van der Waals surface area contributed by atoms with Crippen molar-refractivity contribution >= 4 is 15.9 Å². The fourth-order valence-electron chi connectivity index (χ4n) is 2.03. The molecule has 1 aliphatic rings. The van der Waals surface area contributed by atoms with Crippen molar-refractivity contribution in [1.82, 2.24) is 9.78 Å². The number of aromatic amines is 1. The summed E-state index contributed by atoms with van der Waals surface area (Å²) in [5.41, 5.74) is 3.07. The molecule has 0 spiro atoms. The molecule has 0 radical (unpaired) electrons. The molecule has 0 unspecified atom stereocenters. The molecule has 4 heteroatoms. The topological polar surface area (TPSA) is 37.8 Å². The zero-order valence-corrected chi connectivity index (χ0v) is 11.1. The first-order chi connectivity index (χ1) is 8.16. The van der Waals surface area contributed by atoms with Crippen molar-refractivity contribution in [3.63, 3.8) is 0 Å². The maximum absolute atomic E-state index is 12.1. The van der Waals surface area contributed by atoms with Crippen LogP contribution in [0, 0.1) is 6.92 Å². The van der Waals surface area contributed by atoms with Gasteiger partial charge in [-0.3, -0.25) is 9.89 Å². The molecule has 0 bridgehead atoms. The third kappa shape index (κ3) is 1.86. The number of aromatic nitrogens is 2. The van der Waals surface area contributed by atoms with Crippen molar-refractivity contribution in [1.29, 1.82) is 0 Å². The van der Waals surface area contributed by atoms with Crippen LogP contribution in [0.1, 0.15) is 30.0 Å². The van der Waals surface area contributed by atoms with Crippen LogP contribution in [0.3, 0.4) is 0 Å². The van der Waals surface area contributed by atoms with Gasteiger partial charge in [0, 0.05) is 5.92 Å². The van der Waals surface area contributed by atoms with E-state index in [1.807, 2.05) is 31.2 Å². The molecule has 1 N–H and O–H groups in total. The molecule has 1 fully saturated rings. The second-order valence-electron chi connectivity index (χ2n) is 4.59. The van der Waals surface area contributed by atoms with Crippen LogP contribution < -0.4 is 5.56 Å². The van der Waals surface area contributed by atoms with E-state index in [2.05, 4.69) is 21.0 Å². The summed E-state index contributed by atoms with van der Waals surface area (Å²) >= 11 is 3.39. The first-order valence-electron chi connectivity index (χ1n) is 5.74. The fraction of sp³-hybridized carbons (Fsp3) is 0.308. The van der Waals surface area contributed by atoms with Gasteiger partial charge < -0.3 is 0 Å². The zero-order valence-electron chi connectivity index (χ0n) is 9.53. The molecule has 3 rings (SSSR count). The highest BCUT2D eigenvalue weighted by molar-refractivity contribution is 9.10. The fourth-order valence-corrected chi connectivity index (χ4v) is 2.61. The van der Waals surface area contributed by atoms with Gasteiger partial charge in [0.15, 0.2) is 0 Å². The highest BCUT2D eigenvalue weighted by Gasteiger charge is 2.29. The minimum Gasteiger partial charge on any atom is -0.294 e. The van der Waals surface area contributed by atoms with E-state index in [9.17, 15) is 4.79 Å². The summed E-state index contributed by atoms with van der Waals surface area (Å²) in [6.45, 7) is 2.02. The number of hydrogen-bond acceptors (Lipinski definition) is 1. The molecule has 1 aromatic carbocycles. The molecule has 0 saturated heterocycles. The van der Waals surface area contributed by atoms with E-state index >= 15 is 0 Å². The molecule has 2 aromatic rings. The van der Waals surface area contributed by atoms with Gasteiger partial charge in [0.05, 0.1) is 11.4 Å². The van der Waals surface area contributed by atoms with Crippen molar-refractivity contribution in [2.45, 2.75) is 25.7 Å². The van der Waals surface area contributed by atoms with Crippen LogP contribution >= 0.6 is 15.9 Å². The van der Waals surface area contributed by atoms with E-state index in [1.165, 1.54) is 12.8 Å². The van der Waals surface area contributed by atoms with Crippen molar-refractivity contribution in [3.05, 3.63) is 50.3 Å². The summed E-state index contributed by atoms with van der Waals surface area (Å²) in [5.74, 6) is 0.531. The Hall–Kier alpha value is -1.29. The summed E-state index contributed by atoms with van der Waals surface area (Å²) in [6, 6.07) is 7.92. The summed E-state index contributed by atoms with van der Waals surface area (Å²) in [5, 5.41) is 3.21. The highest BCUT2D eigenvalue weighted by atomic mass is 79.9. The molecule has 17 heavy (non-hydrogen) atoms. The van der Waals surface area contributed by atoms with E-state index in [-0.39, 0.29) is 5.56 Å². The largest absolute Gasteiger partial charge is 0.294 e. The molecule has 3 nitrogen and oxygen atoms in total. The lowest BCUT2D eigenvalue weighted by Gasteiger charge is -2.02. The molecule has 0 atom stereocenters. The van der Waals surface area contributed by atoms with E-state index in [0.29, 0.717) is 10.4 Å². The maximum Gasteiger partial charge on any atom is 0.285 e. The van der Waals surface area contributed by atoms with Gasteiger partial charge in [0.25, 0.3) is 5.56 Å². The summed E-state index contributed by atoms with van der Waals surface area (Å²) in [6.07, 6.45) is 2.35. The molecule has 88 valence electrons. The number of aryl methyl sites for hydroxylation is 1. The normalized spacial score (nSPS) is 15.2. The minimum atomic E-state index is -0.00231. The average Bonchev–Trinajstić information content (AvgIpc) is 3.09. The zero-order chi connectivity index (χ0) is 12.0. The number of hydrogen-bond donors (Lipinski definition) is 1. The number of rotatable bonds is 2. The van der Waals surface area contributed by atoms with Crippen LogP contribution in [0.4, 0.5) is 0 Å². The van der Waals surface area contributed by atoms with E-state index in [0.717, 1.165) is 16.9 Å². The quantitative estimate of drug-likeness (QED) is 0.907. The van der Waals surface area contributed by atoms with Gasteiger partial charge in [-0.05, 0) is 53.4 Å². The lowest BCUT2D eigenvalue weighted by atomic mass is 10.2. The summed E-state index contributed by atoms with van der Waals surface area (Å²) in [4.78, 5) is 12.1. The standard InChI is InChI=1S/C13H13BrN2O/c1-8-3-2-4-10(7-8)16-13(17)11(14)12(15-16)9-5-6-9/h2-4,7,9,15H,5-6H2,1H3. The molecule has 1 aromatic heterocycles. The van der Waals surface area contributed by atoms with Gasteiger partial charge in [-0.25, -0.2) is 4.68 Å². The van der Waals surface area contributed by atoms with E-state index in [4.69, 9.17) is 0 Å². The van der Waals surface area contributed by atoms with E-state index < -0.39 is 0 Å². The molecular weight excluding hydrogens is 280 g/mol. The number of nitrogens with one attached hydrogen (secondary N) is 1. The second kappa shape index (κ2) is 3.88. The Balaban J connectivity index is 2.15. The summed E-state index contributed by atoms with van der Waals surface area (Å²) in [7, 11) is 0. The van der Waals surface area contributed by atoms with Crippen LogP contribution in [-0.4, -0.2) is 9.78 Å². The van der Waals surface area contributed by atoms with Crippen LogP contribution in [-0.2, 0) is 0 Å². The monoisotopic (exact) mass is 292 g/mol. The number of H-pyrrole nitrogens is 1. The second-order valence-corrected chi connectivity index (χ2v) is 5.39. The van der Waals surface area contributed by atoms with Crippen molar-refractivity contribution in [3.8, 4) is 5.69 Å². The Morgan fingerprint density at radius 3 is 2.82 bits per heavy atom. The highest BCUT2D eigenvalue weighted by Crippen LogP contribution is 2.41. The molecule has 0 amide bonds. The predicted octanol–water partition coefficient (Wildman–Crippen LogP) is 3.11. The molecule has 1 saturated carbocycles. The molecule has 1 aliphatic carbocycles. The molecule has 0 aliphatic heterocycles. The van der Waals surface area contributed by atoms with Crippen LogP contribution in [0.2, 0.25) is 0 Å². The molecular formula is C13H13BrN2O. The first kappa shape index (κ1) is 10.8. The third-order valence-corrected chi connectivity index (χ3v) is 3.87. The Morgan fingerprint density at radius 2 is 2.18 bits per heavy atom. The van der Waals surface area contributed by atoms with Crippen LogP contribution in [0.15, 0.2) is 33.5 Å². The van der Waals surface area contributed by atoms with Gasteiger partial charge >= 0.3 is 0 Å². The Morgan fingerprint density at radius 1 is 1.41 bits per heavy atom. The maximum atomic E-state index is 12.1. The number of halogens is 1. The summed E-state index contributed by atoms with van der Waals surface area (Å²) < 4.78 is 2.30. The number of nitrogens with zero attached hydrogens (tertiary/aromatic N) is 1. The molecule has 1 heterocycles. The average molecular weight is 293 g/mol. The Kier molecular flexibility index (Phi) is 2.47. The van der Waals surface area contributed by atoms with Gasteiger partial charge in [0.1, 0.15) is 4.47 Å². The van der Waals surface area contributed by atoms with Crippen molar-refractivity contribution < 1.29 is 0 Å². The van der Waals surface area contributed by atoms with Crippen LogP contribution in [0.25, 0.3) is 5.69 Å². The van der Waals surface area contributed by atoms with Gasteiger partial charge in [-0.1, -0.05) is 12.1 Å². The lowest BCUT2D eigenvalue weighted by Crippen LogP contribution is -2.14. The lowest BCUT2D eigenvalue weighted by molar-refractivity contribution is 0.815. The SMILES string of the molecule is Cc1cccc(-n2[nH]c(C3CC3)c(Br)c2=O)c1. The van der Waals surface area contributed by atoms with Gasteiger partial charge in [0.2, 0.25) is 0 Å². The first-order valence-corrected chi connectivity index (χ1v) is 6.53. The van der Waals surface area contributed by atoms with E-state index in [1.54, 1.807) is 4.68 Å². The van der Waals surface area contributed by atoms with Crippen molar-refractivity contribution in [2.24, 2.45) is 0 Å². The third-order valence-electron chi connectivity index (χ3n) is 3.11. The smallest absolute Gasteiger partial charge is 0.285 e. The van der Waals surface area contributed by atoms with Gasteiger partial charge in [-0.15, -0.1) is 0 Å². The minimum absolute atomic E-state index is 0.00231. The van der Waals surface area contributed by atoms with Gasteiger partial charge in [-0.2, -0.15) is 0 Å².